The molecular formula is C18H17F2N3O2S. The minimum Gasteiger partial charge on any atom is -0.493 e. The van der Waals surface area contributed by atoms with Gasteiger partial charge in [-0.2, -0.15) is 8.78 Å². The van der Waals surface area contributed by atoms with E-state index in [4.69, 9.17) is 4.74 Å². The number of nitrogens with zero attached hydrogens (tertiary/aromatic N) is 3. The highest BCUT2D eigenvalue weighted by atomic mass is 32.2. The molecule has 0 aliphatic carbocycles. The van der Waals surface area contributed by atoms with Crippen molar-refractivity contribution in [2.45, 2.75) is 17.5 Å². The topological polar surface area (TPSA) is 49.2 Å². The van der Waals surface area contributed by atoms with Gasteiger partial charge in [0.05, 0.1) is 7.11 Å². The van der Waals surface area contributed by atoms with Gasteiger partial charge in [-0.05, 0) is 17.7 Å². The highest BCUT2D eigenvalue weighted by Gasteiger charge is 2.13. The highest BCUT2D eigenvalue weighted by molar-refractivity contribution is 7.98. The van der Waals surface area contributed by atoms with Gasteiger partial charge in [0.1, 0.15) is 0 Å². The van der Waals surface area contributed by atoms with Gasteiger partial charge in [-0.1, -0.05) is 48.2 Å². The Hall–Kier alpha value is -2.61. The van der Waals surface area contributed by atoms with Crippen LogP contribution < -0.4 is 9.47 Å². The number of halogens is 2. The lowest BCUT2D eigenvalue weighted by atomic mass is 10.2. The van der Waals surface area contributed by atoms with Crippen molar-refractivity contribution in [2.75, 3.05) is 7.11 Å². The molecule has 0 amide bonds. The molecule has 0 atom stereocenters. The van der Waals surface area contributed by atoms with Crippen LogP contribution in [0.2, 0.25) is 0 Å². The van der Waals surface area contributed by atoms with E-state index in [1.54, 1.807) is 12.1 Å². The van der Waals surface area contributed by atoms with E-state index in [2.05, 4.69) is 14.9 Å². The number of hydrogen-bond donors (Lipinski definition) is 0. The molecule has 8 heteroatoms. The van der Waals surface area contributed by atoms with E-state index in [0.29, 0.717) is 5.75 Å². The molecule has 0 unspecified atom stereocenters. The summed E-state index contributed by atoms with van der Waals surface area (Å²) >= 11 is 1.50. The van der Waals surface area contributed by atoms with Gasteiger partial charge >= 0.3 is 6.61 Å². The molecule has 3 aromatic rings. The van der Waals surface area contributed by atoms with Gasteiger partial charge in [-0.3, -0.25) is 0 Å². The van der Waals surface area contributed by atoms with E-state index in [1.807, 2.05) is 41.9 Å². The zero-order valence-corrected chi connectivity index (χ0v) is 15.0. The maximum Gasteiger partial charge on any atom is 0.387 e. The Bertz CT molecular complexity index is 872. The van der Waals surface area contributed by atoms with Crippen LogP contribution in [0.5, 0.6) is 11.5 Å². The number of methoxy groups -OCH3 is 1. The number of alkyl halides is 2. The highest BCUT2D eigenvalue weighted by Crippen LogP contribution is 2.32. The molecule has 0 fully saturated rings. The largest absolute Gasteiger partial charge is 0.493 e. The van der Waals surface area contributed by atoms with Crippen molar-refractivity contribution in [3.8, 4) is 22.9 Å². The Kier molecular flexibility index (Phi) is 5.72. The third kappa shape index (κ3) is 4.13. The predicted molar refractivity (Wildman–Crippen MR) is 95.6 cm³/mol. The molecule has 0 aliphatic heterocycles. The quantitative estimate of drug-likeness (QED) is 0.572. The molecule has 5 nitrogen and oxygen atoms in total. The van der Waals surface area contributed by atoms with E-state index in [0.717, 1.165) is 22.1 Å². The van der Waals surface area contributed by atoms with Crippen molar-refractivity contribution in [3.63, 3.8) is 0 Å². The number of rotatable bonds is 7. The minimum atomic E-state index is -2.89. The molecule has 0 radical (unpaired) electrons. The lowest BCUT2D eigenvalue weighted by molar-refractivity contribution is -0.0512. The normalized spacial score (nSPS) is 11.0. The summed E-state index contributed by atoms with van der Waals surface area (Å²) in [5.74, 6) is 1.66. The Morgan fingerprint density at radius 1 is 1.08 bits per heavy atom. The molecule has 0 spiro atoms. The Morgan fingerprint density at radius 2 is 1.85 bits per heavy atom. The van der Waals surface area contributed by atoms with E-state index in [1.165, 1.54) is 24.9 Å². The maximum atomic E-state index is 12.4. The second-order valence-corrected chi connectivity index (χ2v) is 6.33. The number of benzene rings is 2. The van der Waals surface area contributed by atoms with Crippen molar-refractivity contribution in [1.82, 2.24) is 14.8 Å². The van der Waals surface area contributed by atoms with Crippen LogP contribution in [-0.2, 0) is 12.8 Å². The van der Waals surface area contributed by atoms with Gasteiger partial charge in [0.25, 0.3) is 0 Å². The molecule has 3 rings (SSSR count). The monoisotopic (exact) mass is 377 g/mol. The first-order chi connectivity index (χ1) is 12.6. The summed E-state index contributed by atoms with van der Waals surface area (Å²) in [6, 6.07) is 14.7. The summed E-state index contributed by atoms with van der Waals surface area (Å²) in [6.07, 6.45) is 0. The van der Waals surface area contributed by atoms with Crippen LogP contribution in [0.15, 0.2) is 53.7 Å². The zero-order chi connectivity index (χ0) is 18.5. The molecule has 1 aromatic heterocycles. The molecule has 2 aromatic carbocycles. The number of ether oxygens (including phenoxy) is 2. The van der Waals surface area contributed by atoms with Crippen molar-refractivity contribution in [2.24, 2.45) is 7.05 Å². The molecule has 136 valence electrons. The van der Waals surface area contributed by atoms with Gasteiger partial charge in [0.15, 0.2) is 22.5 Å². The predicted octanol–water partition coefficient (Wildman–Crippen LogP) is 4.38. The number of aromatic nitrogens is 3. The first-order valence-corrected chi connectivity index (χ1v) is 8.76. The molecule has 0 bridgehead atoms. The van der Waals surface area contributed by atoms with Crippen LogP contribution in [0.3, 0.4) is 0 Å². The molecule has 26 heavy (non-hydrogen) atoms. The summed E-state index contributed by atoms with van der Waals surface area (Å²) in [6.45, 7) is -2.89. The average molecular weight is 377 g/mol. The van der Waals surface area contributed by atoms with Crippen molar-refractivity contribution < 1.29 is 18.3 Å². The molecular weight excluding hydrogens is 360 g/mol. The van der Waals surface area contributed by atoms with Crippen LogP contribution in [0.25, 0.3) is 11.4 Å². The van der Waals surface area contributed by atoms with Gasteiger partial charge in [0.2, 0.25) is 0 Å². The average Bonchev–Trinajstić information content (AvgIpc) is 3.01. The lowest BCUT2D eigenvalue weighted by Crippen LogP contribution is -2.03. The third-order valence-electron chi connectivity index (χ3n) is 3.68. The van der Waals surface area contributed by atoms with Gasteiger partial charge in [-0.15, -0.1) is 10.2 Å². The molecule has 1 heterocycles. The van der Waals surface area contributed by atoms with Crippen LogP contribution in [0, 0.1) is 0 Å². The van der Waals surface area contributed by atoms with Crippen LogP contribution >= 0.6 is 11.8 Å². The first kappa shape index (κ1) is 18.2. The van der Waals surface area contributed by atoms with Crippen LogP contribution in [0.1, 0.15) is 5.56 Å². The lowest BCUT2D eigenvalue weighted by Gasteiger charge is -2.11. The summed E-state index contributed by atoms with van der Waals surface area (Å²) in [5, 5.41) is 9.23. The Labute approximate surface area is 154 Å². The summed E-state index contributed by atoms with van der Waals surface area (Å²) in [5.41, 5.74) is 1.89. The van der Waals surface area contributed by atoms with Crippen molar-refractivity contribution >= 4 is 11.8 Å². The summed E-state index contributed by atoms with van der Waals surface area (Å²) in [7, 11) is 3.32. The minimum absolute atomic E-state index is 0.0151. The second kappa shape index (κ2) is 8.18. The zero-order valence-electron chi connectivity index (χ0n) is 14.2. The fourth-order valence-electron chi connectivity index (χ4n) is 2.42. The second-order valence-electron chi connectivity index (χ2n) is 5.38. The van der Waals surface area contributed by atoms with Gasteiger partial charge in [-0.25, -0.2) is 0 Å². The smallest absolute Gasteiger partial charge is 0.387 e. The molecule has 0 saturated heterocycles. The van der Waals surface area contributed by atoms with Crippen molar-refractivity contribution in [3.05, 3.63) is 54.1 Å². The van der Waals surface area contributed by atoms with E-state index in [9.17, 15) is 8.78 Å². The summed E-state index contributed by atoms with van der Waals surface area (Å²) in [4.78, 5) is 0. The maximum absolute atomic E-state index is 12.4. The van der Waals surface area contributed by atoms with E-state index in [-0.39, 0.29) is 11.5 Å². The molecule has 0 saturated carbocycles. The number of hydrogen-bond acceptors (Lipinski definition) is 5. The Morgan fingerprint density at radius 3 is 2.54 bits per heavy atom. The SMILES string of the molecule is COc1cc(CSc2nnc(-c3ccccc3)n2C)ccc1OC(F)F. The van der Waals surface area contributed by atoms with Gasteiger partial charge < -0.3 is 14.0 Å². The molecule has 0 N–H and O–H groups in total. The van der Waals surface area contributed by atoms with Gasteiger partial charge in [0, 0.05) is 18.4 Å². The van der Waals surface area contributed by atoms with Crippen LogP contribution in [-0.4, -0.2) is 28.5 Å². The van der Waals surface area contributed by atoms with E-state index >= 15 is 0 Å². The standard InChI is InChI=1S/C18H17F2N3O2S/c1-23-16(13-6-4-3-5-7-13)21-22-18(23)26-11-12-8-9-14(25-17(19)20)15(10-12)24-2/h3-10,17H,11H2,1-2H3. The Balaban J connectivity index is 1.72. The number of thioether (sulfide) groups is 1. The van der Waals surface area contributed by atoms with Crippen LogP contribution in [0.4, 0.5) is 8.78 Å². The fourth-order valence-corrected chi connectivity index (χ4v) is 3.28. The first-order valence-electron chi connectivity index (χ1n) is 7.78. The van der Waals surface area contributed by atoms with E-state index < -0.39 is 6.61 Å². The third-order valence-corrected chi connectivity index (χ3v) is 4.77. The summed E-state index contributed by atoms with van der Waals surface area (Å²) < 4.78 is 36.3. The fraction of sp³-hybridized carbons (Fsp3) is 0.222. The van der Waals surface area contributed by atoms with Crippen molar-refractivity contribution in [1.29, 1.82) is 0 Å². The molecule has 0 aliphatic rings.